The number of aldehydes is 1. The Morgan fingerprint density at radius 1 is 1.08 bits per heavy atom. The average Bonchev–Trinajstić information content (AvgIpc) is 1.82. The van der Waals surface area contributed by atoms with E-state index in [1.165, 1.54) is 0 Å². The molecular weight excluding hydrogens is 222 g/mol. The molecule has 13 heavy (non-hydrogen) atoms. The van der Waals surface area contributed by atoms with Crippen molar-refractivity contribution in [3.8, 4) is 0 Å². The first-order chi connectivity index (χ1) is 5.67. The lowest BCUT2D eigenvalue weighted by molar-refractivity contribution is -0.107. The summed E-state index contributed by atoms with van der Waals surface area (Å²) in [6.07, 6.45) is 0.418. The summed E-state index contributed by atoms with van der Waals surface area (Å²) in [6.45, 7) is 0. The Morgan fingerprint density at radius 3 is 1.77 bits per heavy atom. The van der Waals surface area contributed by atoms with Crippen LogP contribution in [0.3, 0.4) is 0 Å². The summed E-state index contributed by atoms with van der Waals surface area (Å²) < 4.78 is 20.7. The van der Waals surface area contributed by atoms with E-state index in [0.29, 0.717) is 6.08 Å². The van der Waals surface area contributed by atoms with Gasteiger partial charge in [-0.15, -0.1) is 0 Å². The summed E-state index contributed by atoms with van der Waals surface area (Å²) in [5, 5.41) is 0. The number of allylic oxidation sites excluding steroid dienone is 1. The highest BCUT2D eigenvalue weighted by Gasteiger charge is 2.26. The molecule has 0 aromatic rings. The van der Waals surface area contributed by atoms with Gasteiger partial charge in [0, 0.05) is 5.82 Å². The minimum absolute atomic E-state index is 0.0765. The summed E-state index contributed by atoms with van der Waals surface area (Å²) >= 11 is 0. The maximum atomic E-state index is 10.4. The van der Waals surface area contributed by atoms with Crippen LogP contribution in [-0.4, -0.2) is 31.5 Å². The smallest absolute Gasteiger partial charge is 0.324 e. The van der Waals surface area contributed by atoms with Gasteiger partial charge in [-0.3, -0.25) is 9.13 Å². The fourth-order valence-corrected chi connectivity index (χ4v) is 1.45. The maximum absolute atomic E-state index is 10.4. The molecule has 0 bridgehead atoms. The average molecular weight is 230 g/mol. The van der Waals surface area contributed by atoms with Gasteiger partial charge in [-0.1, -0.05) is 6.08 Å². The van der Waals surface area contributed by atoms with E-state index in [1.54, 1.807) is 0 Å². The van der Waals surface area contributed by atoms with Crippen LogP contribution >= 0.6 is 15.2 Å². The fourth-order valence-electron chi connectivity index (χ4n) is 0.437. The molecule has 0 aromatic heterocycles. The lowest BCUT2D eigenvalue weighted by Crippen LogP contribution is -2.05. The Kier molecular flexibility index (Phi) is 4.19. The summed E-state index contributed by atoms with van der Waals surface area (Å²) in [6, 6.07) is 0. The number of carbonyl (C=O) groups excluding carboxylic acids is 1. The molecule has 9 heteroatoms. The first kappa shape index (κ1) is 12.7. The third-order valence-corrected chi connectivity index (χ3v) is 2.64. The minimum atomic E-state index is -4.66. The molecule has 0 aliphatic carbocycles. The molecule has 0 fully saturated rings. The van der Waals surface area contributed by atoms with Gasteiger partial charge in [0.25, 0.3) is 0 Å². The van der Waals surface area contributed by atoms with Gasteiger partial charge in [-0.2, -0.15) is 0 Å². The van der Waals surface area contributed by atoms with Crippen LogP contribution in [0.15, 0.2) is 11.9 Å². The largest absolute Gasteiger partial charge is 0.348 e. The van der Waals surface area contributed by atoms with Crippen LogP contribution in [0.5, 0.6) is 0 Å². The van der Waals surface area contributed by atoms with Crippen LogP contribution in [0, 0.1) is 0 Å². The van der Waals surface area contributed by atoms with Gasteiger partial charge in [0.05, 0.1) is 0 Å². The standard InChI is InChI=1S/C4H8O7P2/c5-3-4(13(9,10)11)1-2-12(6,7)8/h1-4H,(H2,6,7,8)(H2,9,10,11). The predicted octanol–water partition coefficient (Wildman–Crippen LogP) is -0.577. The van der Waals surface area contributed by atoms with Crippen molar-refractivity contribution >= 4 is 21.5 Å². The molecule has 0 radical (unpaired) electrons. The molecule has 7 nitrogen and oxygen atoms in total. The highest BCUT2D eigenvalue weighted by molar-refractivity contribution is 7.55. The third-order valence-electron chi connectivity index (χ3n) is 1.01. The van der Waals surface area contributed by atoms with Crippen molar-refractivity contribution in [2.45, 2.75) is 5.66 Å². The summed E-state index contributed by atoms with van der Waals surface area (Å²) in [5.74, 6) is 0.283. The van der Waals surface area contributed by atoms with E-state index in [2.05, 4.69) is 0 Å². The summed E-state index contributed by atoms with van der Waals surface area (Å²) in [4.78, 5) is 43.5. The topological polar surface area (TPSA) is 132 Å². The van der Waals surface area contributed by atoms with Crippen LogP contribution in [0.4, 0.5) is 0 Å². The highest BCUT2D eigenvalue weighted by atomic mass is 31.2. The van der Waals surface area contributed by atoms with Crippen molar-refractivity contribution in [3.05, 3.63) is 11.9 Å². The molecule has 0 rings (SSSR count). The highest BCUT2D eigenvalue weighted by Crippen LogP contribution is 2.43. The Balaban J connectivity index is 4.68. The monoisotopic (exact) mass is 230 g/mol. The molecule has 0 spiro atoms. The lowest BCUT2D eigenvalue weighted by atomic mass is 10.5. The van der Waals surface area contributed by atoms with Crippen LogP contribution < -0.4 is 0 Å². The predicted molar refractivity (Wildman–Crippen MR) is 43.1 cm³/mol. The van der Waals surface area contributed by atoms with Crippen molar-refractivity contribution in [1.82, 2.24) is 0 Å². The van der Waals surface area contributed by atoms with E-state index in [4.69, 9.17) is 19.6 Å². The fraction of sp³-hybridized carbons (Fsp3) is 0.250. The summed E-state index contributed by atoms with van der Waals surface area (Å²) in [5.41, 5.74) is -1.81. The van der Waals surface area contributed by atoms with Crippen LogP contribution in [0.25, 0.3) is 0 Å². The SMILES string of the molecule is O=CC(C=CP(=O)(O)O)P(=O)(O)O. The zero-order valence-electron chi connectivity index (χ0n) is 6.22. The number of hydrogen-bond acceptors (Lipinski definition) is 3. The molecule has 0 aromatic carbocycles. The normalized spacial score (nSPS) is 16.0. The van der Waals surface area contributed by atoms with Crippen molar-refractivity contribution < 1.29 is 33.5 Å². The maximum Gasteiger partial charge on any atom is 0.348 e. The second-order valence-corrected chi connectivity index (χ2v) is 5.40. The Labute approximate surface area is 73.4 Å². The van der Waals surface area contributed by atoms with Crippen molar-refractivity contribution in [2.75, 3.05) is 0 Å². The quantitative estimate of drug-likeness (QED) is 0.375. The molecule has 76 valence electrons. The molecule has 0 saturated carbocycles. The van der Waals surface area contributed by atoms with Gasteiger partial charge >= 0.3 is 15.2 Å². The first-order valence-electron chi connectivity index (χ1n) is 2.92. The van der Waals surface area contributed by atoms with Crippen molar-refractivity contribution in [1.29, 1.82) is 0 Å². The van der Waals surface area contributed by atoms with E-state index in [9.17, 15) is 13.9 Å². The molecule has 0 aliphatic heterocycles. The van der Waals surface area contributed by atoms with E-state index in [1.807, 2.05) is 0 Å². The molecule has 0 aliphatic rings. The first-order valence-corrected chi connectivity index (χ1v) is 6.28. The Bertz CT molecular complexity index is 296. The molecular formula is C4H8O7P2. The van der Waals surface area contributed by atoms with Crippen LogP contribution in [-0.2, 0) is 13.9 Å². The molecule has 0 heterocycles. The molecule has 0 saturated heterocycles. The lowest BCUT2D eigenvalue weighted by Gasteiger charge is -2.06. The zero-order chi connectivity index (χ0) is 10.7. The van der Waals surface area contributed by atoms with E-state index < -0.39 is 20.9 Å². The van der Waals surface area contributed by atoms with Crippen LogP contribution in [0.1, 0.15) is 0 Å². The number of hydrogen-bond donors (Lipinski definition) is 4. The van der Waals surface area contributed by atoms with Gasteiger partial charge in [0.2, 0.25) is 0 Å². The van der Waals surface area contributed by atoms with E-state index >= 15 is 0 Å². The van der Waals surface area contributed by atoms with Gasteiger partial charge < -0.3 is 24.4 Å². The van der Waals surface area contributed by atoms with Gasteiger partial charge in [0.1, 0.15) is 11.9 Å². The van der Waals surface area contributed by atoms with Crippen molar-refractivity contribution in [2.24, 2.45) is 0 Å². The van der Waals surface area contributed by atoms with Gasteiger partial charge in [0.15, 0.2) is 0 Å². The zero-order valence-corrected chi connectivity index (χ0v) is 8.01. The Hall–Kier alpha value is -0.290. The van der Waals surface area contributed by atoms with Gasteiger partial charge in [-0.05, 0) is 0 Å². The summed E-state index contributed by atoms with van der Waals surface area (Å²) in [7, 11) is -9.15. The van der Waals surface area contributed by atoms with E-state index in [0.717, 1.165) is 0 Å². The number of rotatable bonds is 4. The molecule has 4 N–H and O–H groups in total. The molecule has 0 amide bonds. The van der Waals surface area contributed by atoms with E-state index in [-0.39, 0.29) is 12.1 Å². The molecule has 1 unspecified atom stereocenters. The van der Waals surface area contributed by atoms with Crippen molar-refractivity contribution in [3.63, 3.8) is 0 Å². The second kappa shape index (κ2) is 4.28. The third kappa shape index (κ3) is 5.87. The van der Waals surface area contributed by atoms with Crippen LogP contribution in [0.2, 0.25) is 0 Å². The second-order valence-electron chi connectivity index (χ2n) is 2.15. The van der Waals surface area contributed by atoms with Gasteiger partial charge in [-0.25, -0.2) is 0 Å². The Morgan fingerprint density at radius 2 is 1.54 bits per heavy atom. The number of carbonyl (C=O) groups is 1. The molecule has 1 atom stereocenters. The minimum Gasteiger partial charge on any atom is -0.324 e.